The fourth-order valence-electron chi connectivity index (χ4n) is 1.88. The molecule has 88 valence electrons. The minimum Gasteiger partial charge on any atom is -0.336 e. The van der Waals surface area contributed by atoms with Gasteiger partial charge in [0.1, 0.15) is 10.7 Å². The lowest BCUT2D eigenvalue weighted by molar-refractivity contribution is -0.128. The minimum atomic E-state index is 0.197. The first-order valence-electron chi connectivity index (χ1n) is 5.30. The number of nitrogens with two attached hydrogens (primary N) is 1. The van der Waals surface area contributed by atoms with E-state index in [9.17, 15) is 4.79 Å². The molecule has 1 aliphatic rings. The van der Waals surface area contributed by atoms with Gasteiger partial charge in [-0.25, -0.2) is 5.84 Å². The molecule has 2 rings (SSSR count). The van der Waals surface area contributed by atoms with Crippen LogP contribution >= 0.6 is 11.5 Å². The van der Waals surface area contributed by atoms with Crippen molar-refractivity contribution in [3.63, 3.8) is 0 Å². The number of carbonyl (C=O) groups is 1. The number of aromatic nitrogens is 2. The van der Waals surface area contributed by atoms with Crippen molar-refractivity contribution >= 4 is 22.4 Å². The van der Waals surface area contributed by atoms with Gasteiger partial charge in [0.2, 0.25) is 5.91 Å². The smallest absolute Gasteiger partial charge is 0.223 e. The Balaban J connectivity index is 2.02. The Bertz CT molecular complexity index is 380. The summed E-state index contributed by atoms with van der Waals surface area (Å²) in [4.78, 5) is 13.5. The van der Waals surface area contributed by atoms with Gasteiger partial charge in [0, 0.05) is 24.5 Å². The summed E-state index contributed by atoms with van der Waals surface area (Å²) in [6, 6.07) is 0. The topological polar surface area (TPSA) is 84.1 Å². The second-order valence-corrected chi connectivity index (χ2v) is 4.70. The zero-order chi connectivity index (χ0) is 11.5. The van der Waals surface area contributed by atoms with E-state index in [0.717, 1.165) is 23.7 Å². The molecule has 1 aromatic heterocycles. The molecule has 1 saturated heterocycles. The molecule has 1 unspecified atom stereocenters. The minimum absolute atomic E-state index is 0.197. The monoisotopic (exact) mass is 241 g/mol. The predicted molar refractivity (Wildman–Crippen MR) is 61.5 cm³/mol. The maximum Gasteiger partial charge on any atom is 0.223 e. The standard InChI is InChI=1S/C9H15N5OS/c1-2-6-3-8(15)14(4-6)5-7-9(11-10)16-13-12-7/h6,11H,2-5,10H2,1H3. The predicted octanol–water partition coefficient (Wildman–Crippen LogP) is 0.582. The molecule has 6 nitrogen and oxygen atoms in total. The first kappa shape index (κ1) is 11.3. The van der Waals surface area contributed by atoms with Crippen molar-refractivity contribution in [3.8, 4) is 0 Å². The molecule has 1 amide bonds. The van der Waals surface area contributed by atoms with Crippen LogP contribution in [0.3, 0.4) is 0 Å². The SMILES string of the molecule is CCC1CC(=O)N(Cc2nnsc2NN)C1. The van der Waals surface area contributed by atoms with E-state index in [1.54, 1.807) is 0 Å². The zero-order valence-corrected chi connectivity index (χ0v) is 9.96. The van der Waals surface area contributed by atoms with Gasteiger partial charge in [0.15, 0.2) is 0 Å². The zero-order valence-electron chi connectivity index (χ0n) is 9.14. The van der Waals surface area contributed by atoms with E-state index in [-0.39, 0.29) is 5.91 Å². The molecule has 7 heteroatoms. The van der Waals surface area contributed by atoms with E-state index in [0.29, 0.717) is 18.9 Å². The van der Waals surface area contributed by atoms with Crippen LogP contribution in [0.2, 0.25) is 0 Å². The lowest BCUT2D eigenvalue weighted by atomic mass is 10.1. The molecule has 1 fully saturated rings. The lowest BCUT2D eigenvalue weighted by Gasteiger charge is -2.15. The molecule has 0 bridgehead atoms. The highest BCUT2D eigenvalue weighted by Gasteiger charge is 2.29. The number of rotatable bonds is 4. The van der Waals surface area contributed by atoms with Gasteiger partial charge >= 0.3 is 0 Å². The third-order valence-corrected chi connectivity index (χ3v) is 3.60. The Kier molecular flexibility index (Phi) is 3.35. The van der Waals surface area contributed by atoms with Crippen LogP contribution < -0.4 is 11.3 Å². The first-order valence-corrected chi connectivity index (χ1v) is 6.07. The molecule has 1 aromatic rings. The van der Waals surface area contributed by atoms with Crippen LogP contribution in [0.5, 0.6) is 0 Å². The third-order valence-electron chi connectivity index (χ3n) is 2.90. The maximum atomic E-state index is 11.7. The molecule has 2 heterocycles. The van der Waals surface area contributed by atoms with Crippen molar-refractivity contribution in [2.45, 2.75) is 26.3 Å². The summed E-state index contributed by atoms with van der Waals surface area (Å²) >= 11 is 1.21. The molecule has 3 N–H and O–H groups in total. The number of amides is 1. The third kappa shape index (κ3) is 2.14. The first-order chi connectivity index (χ1) is 7.74. The van der Waals surface area contributed by atoms with Crippen LogP contribution in [0.4, 0.5) is 5.00 Å². The number of anilines is 1. The molecule has 0 radical (unpaired) electrons. The van der Waals surface area contributed by atoms with Crippen LogP contribution in [0.15, 0.2) is 0 Å². The second kappa shape index (κ2) is 4.75. The molecule has 0 saturated carbocycles. The maximum absolute atomic E-state index is 11.7. The lowest BCUT2D eigenvalue weighted by Crippen LogP contribution is -2.25. The van der Waals surface area contributed by atoms with Crippen molar-refractivity contribution in [1.29, 1.82) is 0 Å². The molecule has 1 atom stereocenters. The van der Waals surface area contributed by atoms with E-state index in [1.165, 1.54) is 11.5 Å². The number of hydrogen-bond acceptors (Lipinski definition) is 6. The normalized spacial score (nSPS) is 20.5. The number of hydrazine groups is 1. The highest BCUT2D eigenvalue weighted by molar-refractivity contribution is 7.10. The van der Waals surface area contributed by atoms with Crippen molar-refractivity contribution in [1.82, 2.24) is 14.5 Å². The quantitative estimate of drug-likeness (QED) is 0.595. The molecule has 16 heavy (non-hydrogen) atoms. The summed E-state index contributed by atoms with van der Waals surface area (Å²) in [5.41, 5.74) is 3.29. The van der Waals surface area contributed by atoms with E-state index < -0.39 is 0 Å². The van der Waals surface area contributed by atoms with Crippen molar-refractivity contribution in [2.24, 2.45) is 11.8 Å². The summed E-state index contributed by atoms with van der Waals surface area (Å²) in [5, 5.41) is 4.70. The number of carbonyl (C=O) groups excluding carboxylic acids is 1. The Labute approximate surface area is 98.0 Å². The molecule has 0 aliphatic carbocycles. The van der Waals surface area contributed by atoms with Gasteiger partial charge in [-0.15, -0.1) is 5.10 Å². The Morgan fingerprint density at radius 1 is 1.69 bits per heavy atom. The van der Waals surface area contributed by atoms with Crippen molar-refractivity contribution < 1.29 is 4.79 Å². The van der Waals surface area contributed by atoms with Gasteiger partial charge in [0.25, 0.3) is 0 Å². The fourth-order valence-corrected chi connectivity index (χ4v) is 2.37. The van der Waals surface area contributed by atoms with Crippen LogP contribution in [-0.2, 0) is 11.3 Å². The highest BCUT2D eigenvalue weighted by atomic mass is 32.1. The van der Waals surface area contributed by atoms with Gasteiger partial charge in [0.05, 0.1) is 6.54 Å². The Morgan fingerprint density at radius 2 is 2.50 bits per heavy atom. The summed E-state index contributed by atoms with van der Waals surface area (Å²) in [5.74, 6) is 6.01. The van der Waals surface area contributed by atoms with Gasteiger partial charge in [-0.2, -0.15) is 0 Å². The molecular weight excluding hydrogens is 226 g/mol. The molecule has 1 aliphatic heterocycles. The summed E-state index contributed by atoms with van der Waals surface area (Å²) < 4.78 is 3.81. The average Bonchev–Trinajstić information content (AvgIpc) is 2.86. The number of hydrogen-bond donors (Lipinski definition) is 2. The van der Waals surface area contributed by atoms with Crippen LogP contribution in [0.25, 0.3) is 0 Å². The van der Waals surface area contributed by atoms with E-state index in [1.807, 2.05) is 4.90 Å². The largest absolute Gasteiger partial charge is 0.336 e. The van der Waals surface area contributed by atoms with Crippen LogP contribution in [-0.4, -0.2) is 26.9 Å². The van der Waals surface area contributed by atoms with E-state index in [4.69, 9.17) is 5.84 Å². The highest BCUT2D eigenvalue weighted by Crippen LogP contribution is 2.24. The van der Waals surface area contributed by atoms with Gasteiger partial charge in [-0.05, 0) is 5.92 Å². The number of nitrogen functional groups attached to an aromatic ring is 1. The molecule has 0 aromatic carbocycles. The number of nitrogens with zero attached hydrogens (tertiary/aromatic N) is 3. The van der Waals surface area contributed by atoms with Crippen LogP contribution in [0, 0.1) is 5.92 Å². The Morgan fingerprint density at radius 3 is 3.12 bits per heavy atom. The van der Waals surface area contributed by atoms with Gasteiger partial charge in [-0.3, -0.25) is 4.79 Å². The molecule has 0 spiro atoms. The van der Waals surface area contributed by atoms with Gasteiger partial charge < -0.3 is 10.3 Å². The second-order valence-electron chi connectivity index (χ2n) is 3.95. The van der Waals surface area contributed by atoms with E-state index in [2.05, 4.69) is 21.9 Å². The summed E-state index contributed by atoms with van der Waals surface area (Å²) in [6.07, 6.45) is 1.69. The van der Waals surface area contributed by atoms with Gasteiger partial charge in [-0.1, -0.05) is 17.8 Å². The Hall–Kier alpha value is -1.21. The average molecular weight is 241 g/mol. The molecular formula is C9H15N5OS. The fraction of sp³-hybridized carbons (Fsp3) is 0.667. The summed E-state index contributed by atoms with van der Waals surface area (Å²) in [7, 11) is 0. The summed E-state index contributed by atoms with van der Waals surface area (Å²) in [6.45, 7) is 3.43. The van der Waals surface area contributed by atoms with E-state index >= 15 is 0 Å². The van der Waals surface area contributed by atoms with Crippen LogP contribution in [0.1, 0.15) is 25.5 Å². The van der Waals surface area contributed by atoms with Crippen molar-refractivity contribution in [2.75, 3.05) is 12.0 Å². The number of likely N-dealkylation sites (tertiary alicyclic amines) is 1. The van der Waals surface area contributed by atoms with Crippen molar-refractivity contribution in [3.05, 3.63) is 5.69 Å². The number of nitrogens with one attached hydrogen (secondary N) is 1.